The van der Waals surface area contributed by atoms with E-state index in [0.717, 1.165) is 5.56 Å². The van der Waals surface area contributed by atoms with Crippen LogP contribution in [0.25, 0.3) is 6.08 Å². The summed E-state index contributed by atoms with van der Waals surface area (Å²) in [6, 6.07) is 11.4. The van der Waals surface area contributed by atoms with Gasteiger partial charge in [-0.3, -0.25) is 4.79 Å². The molecule has 0 saturated carbocycles. The molecule has 0 unspecified atom stereocenters. The van der Waals surface area contributed by atoms with Gasteiger partial charge < -0.3 is 15.2 Å². The highest BCUT2D eigenvalue weighted by Gasteiger charge is 2.10. The van der Waals surface area contributed by atoms with Crippen LogP contribution in [0.1, 0.15) is 21.5 Å². The fourth-order valence-electron chi connectivity index (χ4n) is 1.90. The predicted octanol–water partition coefficient (Wildman–Crippen LogP) is 2.82. The Morgan fingerprint density at radius 1 is 1.13 bits per heavy atom. The van der Waals surface area contributed by atoms with E-state index in [2.05, 4.69) is 5.32 Å². The fourth-order valence-corrected chi connectivity index (χ4v) is 2.36. The Labute approximate surface area is 143 Å². The maximum Gasteiger partial charge on any atom is 0.255 e. The zero-order valence-corrected chi connectivity index (χ0v) is 13.6. The predicted molar refractivity (Wildman–Crippen MR) is 88.1 cm³/mol. The van der Waals surface area contributed by atoms with Gasteiger partial charge in [0.25, 0.3) is 5.91 Å². The summed E-state index contributed by atoms with van der Waals surface area (Å²) in [5.74, 6) is -2.06. The molecule has 118 valence electrons. The van der Waals surface area contributed by atoms with Crippen molar-refractivity contribution in [1.82, 2.24) is 5.32 Å². The fraction of sp³-hybridized carbons (Fsp3) is 0.0588. The zero-order valence-electron chi connectivity index (χ0n) is 12.1. The van der Waals surface area contributed by atoms with Gasteiger partial charge >= 0.3 is 0 Å². The summed E-state index contributed by atoms with van der Waals surface area (Å²) in [6.45, 7) is 1.83. The van der Waals surface area contributed by atoms with Crippen LogP contribution in [0.5, 0.6) is 0 Å². The van der Waals surface area contributed by atoms with Crippen molar-refractivity contribution in [2.45, 2.75) is 6.92 Å². The number of aryl methyl sites for hydroxylation is 1. The molecule has 1 N–H and O–H groups in total. The van der Waals surface area contributed by atoms with Gasteiger partial charge in [0, 0.05) is 15.6 Å². The van der Waals surface area contributed by atoms with E-state index in [9.17, 15) is 14.7 Å². The van der Waals surface area contributed by atoms with Crippen molar-refractivity contribution in [1.29, 1.82) is 0 Å². The first-order chi connectivity index (χ1) is 10.9. The normalized spacial score (nSPS) is 11.2. The smallest absolute Gasteiger partial charge is 0.255 e. The number of carboxylic acid groups (broad SMARTS) is 1. The van der Waals surface area contributed by atoms with E-state index < -0.39 is 11.9 Å². The number of carbonyl (C=O) groups is 2. The number of carbonyl (C=O) groups excluding carboxylic acids is 2. The Kier molecular flexibility index (Phi) is 5.42. The van der Waals surface area contributed by atoms with Crippen molar-refractivity contribution in [3.63, 3.8) is 0 Å². The number of carboxylic acids is 1. The average Bonchev–Trinajstić information content (AvgIpc) is 2.48. The SMILES string of the molecule is Cc1cccc(C(=O)NC(=Cc2ccc(Cl)cc2Cl)C(=O)[O-])c1. The molecule has 2 aromatic rings. The Morgan fingerprint density at radius 2 is 1.87 bits per heavy atom. The molecule has 0 saturated heterocycles. The molecule has 6 heteroatoms. The van der Waals surface area contributed by atoms with E-state index in [0.29, 0.717) is 16.1 Å². The molecule has 0 aliphatic rings. The van der Waals surface area contributed by atoms with E-state index in [4.69, 9.17) is 23.2 Å². The van der Waals surface area contributed by atoms with Gasteiger partial charge in [0.2, 0.25) is 0 Å². The molecule has 0 heterocycles. The molecule has 23 heavy (non-hydrogen) atoms. The lowest BCUT2D eigenvalue weighted by molar-refractivity contribution is -0.299. The van der Waals surface area contributed by atoms with Gasteiger partial charge in [0.15, 0.2) is 0 Å². The standard InChI is InChI=1S/C17H13Cl2NO3/c1-10-3-2-4-12(7-10)16(21)20-15(17(22)23)8-11-5-6-13(18)9-14(11)19/h2-9H,1H3,(H,20,21)(H,22,23)/p-1. The van der Waals surface area contributed by atoms with E-state index in [1.165, 1.54) is 12.1 Å². The largest absolute Gasteiger partial charge is 0.543 e. The third-order valence-corrected chi connectivity index (χ3v) is 3.57. The van der Waals surface area contributed by atoms with E-state index in [1.807, 2.05) is 13.0 Å². The second kappa shape index (κ2) is 7.31. The molecular formula is C17H12Cl2NO3-. The van der Waals surface area contributed by atoms with Crippen molar-refractivity contribution < 1.29 is 14.7 Å². The Balaban J connectivity index is 2.30. The van der Waals surface area contributed by atoms with Crippen molar-refractivity contribution >= 4 is 41.2 Å². The molecule has 0 atom stereocenters. The molecule has 0 aromatic heterocycles. The monoisotopic (exact) mass is 348 g/mol. The molecule has 0 radical (unpaired) electrons. The van der Waals surface area contributed by atoms with E-state index in [-0.39, 0.29) is 10.7 Å². The molecule has 0 bridgehead atoms. The molecule has 0 fully saturated rings. The number of nitrogens with one attached hydrogen (secondary N) is 1. The first-order valence-corrected chi connectivity index (χ1v) is 7.38. The lowest BCUT2D eigenvalue weighted by Gasteiger charge is -2.12. The average molecular weight is 349 g/mol. The highest BCUT2D eigenvalue weighted by atomic mass is 35.5. The first-order valence-electron chi connectivity index (χ1n) is 6.63. The Hall–Kier alpha value is -2.30. The maximum atomic E-state index is 12.1. The second-order valence-electron chi connectivity index (χ2n) is 4.83. The van der Waals surface area contributed by atoms with Crippen LogP contribution < -0.4 is 10.4 Å². The number of rotatable bonds is 4. The maximum absolute atomic E-state index is 12.1. The van der Waals surface area contributed by atoms with Crippen LogP contribution in [0.4, 0.5) is 0 Å². The summed E-state index contributed by atoms with van der Waals surface area (Å²) in [7, 11) is 0. The van der Waals surface area contributed by atoms with Gasteiger partial charge in [0.1, 0.15) is 0 Å². The van der Waals surface area contributed by atoms with Crippen molar-refractivity contribution in [3.8, 4) is 0 Å². The van der Waals surface area contributed by atoms with Crippen LogP contribution in [-0.4, -0.2) is 11.9 Å². The molecule has 0 spiro atoms. The highest BCUT2D eigenvalue weighted by molar-refractivity contribution is 6.35. The summed E-state index contributed by atoms with van der Waals surface area (Å²) in [6.07, 6.45) is 1.22. The third-order valence-electron chi connectivity index (χ3n) is 3.01. The topological polar surface area (TPSA) is 69.2 Å². The molecule has 0 aliphatic heterocycles. The van der Waals surface area contributed by atoms with Gasteiger partial charge in [-0.25, -0.2) is 0 Å². The number of halogens is 2. The minimum Gasteiger partial charge on any atom is -0.543 e. The zero-order chi connectivity index (χ0) is 17.0. The summed E-state index contributed by atoms with van der Waals surface area (Å²) < 4.78 is 0. The van der Waals surface area contributed by atoms with Crippen molar-refractivity contribution in [2.75, 3.05) is 0 Å². The van der Waals surface area contributed by atoms with Crippen LogP contribution in [0, 0.1) is 6.92 Å². The van der Waals surface area contributed by atoms with Gasteiger partial charge in [0.05, 0.1) is 11.7 Å². The number of benzene rings is 2. The second-order valence-corrected chi connectivity index (χ2v) is 5.68. The number of aliphatic carboxylic acids is 1. The molecule has 2 aromatic carbocycles. The lowest BCUT2D eigenvalue weighted by atomic mass is 10.1. The number of amides is 1. The molecular weight excluding hydrogens is 337 g/mol. The summed E-state index contributed by atoms with van der Waals surface area (Å²) in [5, 5.41) is 14.3. The van der Waals surface area contributed by atoms with Gasteiger partial charge in [-0.15, -0.1) is 0 Å². The highest BCUT2D eigenvalue weighted by Crippen LogP contribution is 2.22. The van der Waals surface area contributed by atoms with Crippen LogP contribution in [0.3, 0.4) is 0 Å². The summed E-state index contributed by atoms with van der Waals surface area (Å²) >= 11 is 11.8. The van der Waals surface area contributed by atoms with Crippen LogP contribution >= 0.6 is 23.2 Å². The molecule has 1 amide bonds. The van der Waals surface area contributed by atoms with E-state index >= 15 is 0 Å². The number of hydrogen-bond donors (Lipinski definition) is 1. The van der Waals surface area contributed by atoms with Crippen molar-refractivity contribution in [2.24, 2.45) is 0 Å². The lowest BCUT2D eigenvalue weighted by Crippen LogP contribution is -2.35. The first kappa shape index (κ1) is 17.1. The van der Waals surface area contributed by atoms with Crippen molar-refractivity contribution in [3.05, 3.63) is 74.9 Å². The van der Waals surface area contributed by atoms with Gasteiger partial charge in [-0.1, -0.05) is 47.0 Å². The quantitative estimate of drug-likeness (QED) is 0.863. The molecule has 0 aliphatic carbocycles. The summed E-state index contributed by atoms with van der Waals surface area (Å²) in [5.41, 5.74) is 1.25. The minimum atomic E-state index is -1.52. The summed E-state index contributed by atoms with van der Waals surface area (Å²) in [4.78, 5) is 23.4. The van der Waals surface area contributed by atoms with Crippen LogP contribution in [0.2, 0.25) is 10.0 Å². The van der Waals surface area contributed by atoms with E-state index in [1.54, 1.807) is 30.3 Å². The molecule has 4 nitrogen and oxygen atoms in total. The van der Waals surface area contributed by atoms with Gasteiger partial charge in [-0.05, 0) is 42.8 Å². The third kappa shape index (κ3) is 4.58. The van der Waals surface area contributed by atoms with Gasteiger partial charge in [-0.2, -0.15) is 0 Å². The number of hydrogen-bond acceptors (Lipinski definition) is 3. The molecule has 2 rings (SSSR count). The Bertz CT molecular complexity index is 800. The Morgan fingerprint density at radius 3 is 2.48 bits per heavy atom. The van der Waals surface area contributed by atoms with Crippen LogP contribution in [0.15, 0.2) is 48.2 Å². The van der Waals surface area contributed by atoms with Crippen LogP contribution in [-0.2, 0) is 4.79 Å². The minimum absolute atomic E-state index is 0.265.